The van der Waals surface area contributed by atoms with Gasteiger partial charge in [-0.2, -0.15) is 0 Å². The molecule has 0 aliphatic carbocycles. The second-order valence-corrected chi connectivity index (χ2v) is 21.5. The van der Waals surface area contributed by atoms with Crippen LogP contribution in [0.25, 0.3) is 0 Å². The molecule has 0 bridgehead atoms. The Balaban J connectivity index is -0.00000107. The molecular weight excluding hydrogens is 833 g/mol. The topological polar surface area (TPSA) is 138 Å². The van der Waals surface area contributed by atoms with Crippen molar-refractivity contribution in [3.05, 3.63) is 0 Å². The van der Waals surface area contributed by atoms with Crippen molar-refractivity contribution in [1.82, 2.24) is 10.6 Å². The first-order valence-electron chi connectivity index (χ1n) is 27.7. The van der Waals surface area contributed by atoms with Crippen LogP contribution < -0.4 is 10.6 Å². The van der Waals surface area contributed by atoms with Crippen molar-refractivity contribution in [2.45, 2.75) is 285 Å². The van der Waals surface area contributed by atoms with Crippen molar-refractivity contribution in [3.8, 4) is 0 Å². The maximum atomic E-state index is 12.0. The van der Waals surface area contributed by atoms with Gasteiger partial charge in [-0.15, -0.1) is 0 Å². The van der Waals surface area contributed by atoms with Gasteiger partial charge in [0.1, 0.15) is 0 Å². The third-order valence-electron chi connectivity index (χ3n) is 14.3. The Morgan fingerprint density at radius 3 is 0.800 bits per heavy atom. The summed E-state index contributed by atoms with van der Waals surface area (Å²) in [4.78, 5) is 23.9. The Morgan fingerprint density at radius 2 is 0.600 bits per heavy atom. The molecule has 2 atom stereocenters. The fraction of sp³-hybridized carbons (Fsp3) is 0.963. The van der Waals surface area contributed by atoms with Gasteiger partial charge in [-0.25, -0.2) is 0 Å². The van der Waals surface area contributed by atoms with E-state index in [0.29, 0.717) is 24.9 Å². The summed E-state index contributed by atoms with van der Waals surface area (Å²) in [5.74, 6) is 0.503. The summed E-state index contributed by atoms with van der Waals surface area (Å²) in [7, 11) is 4.00. The normalized spacial score (nSPS) is 12.7. The number of rotatable bonds is 44. The molecule has 2 unspecified atom stereocenters. The van der Waals surface area contributed by atoms with E-state index >= 15 is 0 Å². The number of carbonyl (C=O) groups is 2. The lowest BCUT2D eigenvalue weighted by Gasteiger charge is -2.35. The molecule has 0 spiro atoms. The summed E-state index contributed by atoms with van der Waals surface area (Å²) >= 11 is 0. The van der Waals surface area contributed by atoms with Crippen molar-refractivity contribution in [1.29, 1.82) is 0 Å². The van der Waals surface area contributed by atoms with Crippen molar-refractivity contribution >= 4 is 22.2 Å². The summed E-state index contributed by atoms with van der Waals surface area (Å²) in [5.41, 5.74) is 0. The molecule has 0 aliphatic heterocycles. The fourth-order valence-corrected chi connectivity index (χ4v) is 8.06. The van der Waals surface area contributed by atoms with E-state index in [0.717, 1.165) is 60.8 Å². The summed E-state index contributed by atoms with van der Waals surface area (Å²) in [6.07, 6.45) is 47.1. The number of carbonyl (C=O) groups excluding carboxylic acids is 2. The van der Waals surface area contributed by atoms with E-state index < -0.39 is 10.4 Å². The van der Waals surface area contributed by atoms with E-state index in [1.807, 2.05) is 0 Å². The molecule has 0 aromatic carbocycles. The van der Waals surface area contributed by atoms with Gasteiger partial charge in [0.15, 0.2) is 0 Å². The van der Waals surface area contributed by atoms with E-state index in [2.05, 4.69) is 80.4 Å². The molecule has 10 nitrogen and oxygen atoms in total. The Labute approximate surface area is 406 Å². The zero-order valence-corrected chi connectivity index (χ0v) is 46.0. The molecule has 0 fully saturated rings. The smallest absolute Gasteiger partial charge is 0.219 e. The van der Waals surface area contributed by atoms with Crippen LogP contribution in [0.1, 0.15) is 273 Å². The average molecular weight is 948 g/mol. The van der Waals surface area contributed by atoms with Crippen molar-refractivity contribution in [2.75, 3.05) is 54.4 Å². The van der Waals surface area contributed by atoms with Crippen LogP contribution in [0.15, 0.2) is 0 Å². The predicted molar refractivity (Wildman–Crippen MR) is 278 cm³/mol. The second kappa shape index (κ2) is 47.8. The van der Waals surface area contributed by atoms with E-state index in [1.165, 1.54) is 193 Å². The van der Waals surface area contributed by atoms with Crippen LogP contribution in [-0.2, 0) is 20.0 Å². The standard InChI is InChI=1S/2C27H56N2O.H2O4S/c2*1-6-8-9-10-11-12-13-14-15-16-17-18-19-20-21-24-27(30)28-25-22-23-26(3)29(4,5)7-2;1-5(2,3)4/h2*26H,6-25H2,1-5H3;(H2,1,2,3,4). The van der Waals surface area contributed by atoms with Gasteiger partial charge >= 0.3 is 0 Å². The first-order chi connectivity index (χ1) is 30.9. The van der Waals surface area contributed by atoms with E-state index in [9.17, 15) is 9.59 Å². The Hall–Kier alpha value is -1.27. The van der Waals surface area contributed by atoms with Crippen molar-refractivity contribution < 1.29 is 36.1 Å². The molecule has 0 aromatic rings. The monoisotopic (exact) mass is 947 g/mol. The highest BCUT2D eigenvalue weighted by Gasteiger charge is 2.22. The number of nitrogens with zero attached hydrogens (tertiary/aromatic N) is 2. The van der Waals surface area contributed by atoms with Crippen LogP contribution in [0.2, 0.25) is 0 Å². The number of amides is 2. The Morgan fingerprint density at radius 1 is 0.400 bits per heavy atom. The molecule has 0 radical (unpaired) electrons. The van der Waals surface area contributed by atoms with E-state index in [1.54, 1.807) is 0 Å². The summed E-state index contributed by atoms with van der Waals surface area (Å²) in [6.45, 7) is 17.7. The highest BCUT2D eigenvalue weighted by atomic mass is 32.3. The molecule has 65 heavy (non-hydrogen) atoms. The molecule has 0 saturated carbocycles. The van der Waals surface area contributed by atoms with Crippen molar-refractivity contribution in [3.63, 3.8) is 0 Å². The third kappa shape index (κ3) is 55.2. The second-order valence-electron chi connectivity index (χ2n) is 20.7. The quantitative estimate of drug-likeness (QED) is 0.0270. The molecule has 2 N–H and O–H groups in total. The number of hydrogen-bond acceptors (Lipinski definition) is 6. The van der Waals surface area contributed by atoms with Crippen molar-refractivity contribution in [2.24, 2.45) is 0 Å². The summed E-state index contributed by atoms with van der Waals surface area (Å²) in [5, 5.41) is 6.22. The predicted octanol–water partition coefficient (Wildman–Crippen LogP) is 13.9. The first-order valence-corrected chi connectivity index (χ1v) is 29.1. The molecule has 392 valence electrons. The highest BCUT2D eigenvalue weighted by Crippen LogP contribution is 2.16. The van der Waals surface area contributed by atoms with Gasteiger partial charge in [-0.05, 0) is 53.4 Å². The lowest BCUT2D eigenvalue weighted by molar-refractivity contribution is -0.911. The number of nitrogens with one attached hydrogen (secondary N) is 2. The van der Waals surface area contributed by atoms with E-state index in [4.69, 9.17) is 17.5 Å². The minimum absolute atomic E-state index is 0.251. The maximum Gasteiger partial charge on any atom is 0.219 e. The summed E-state index contributed by atoms with van der Waals surface area (Å²) < 4.78 is 36.2. The number of hydrogen-bond donors (Lipinski definition) is 2. The van der Waals surface area contributed by atoms with Crippen LogP contribution in [0.3, 0.4) is 0 Å². The SMILES string of the molecule is CCCCCCCCCCCCCCCCCC(=O)NCCCC(C)[N+](C)(C)CC.CCCCCCCCCCCCCCCCCC(=O)NCCCC(C)[N+](C)(C)CC.O=S(=O)([O-])[O-]. The lowest BCUT2D eigenvalue weighted by Crippen LogP contribution is -2.47. The Bertz CT molecular complexity index is 1060. The van der Waals surface area contributed by atoms with Crippen LogP contribution in [0.5, 0.6) is 0 Å². The fourth-order valence-electron chi connectivity index (χ4n) is 8.06. The zero-order chi connectivity index (χ0) is 49.5. The molecule has 2 amide bonds. The van der Waals surface area contributed by atoms with Gasteiger partial charge in [0.2, 0.25) is 11.8 Å². The molecule has 0 heterocycles. The molecule has 0 saturated heterocycles. The zero-order valence-electron chi connectivity index (χ0n) is 45.2. The maximum absolute atomic E-state index is 12.0. The average Bonchev–Trinajstić information content (AvgIpc) is 3.26. The molecule has 11 heteroatoms. The Kier molecular flexibility index (Phi) is 50.0. The number of unbranched alkanes of at least 4 members (excludes halogenated alkanes) is 28. The molecule has 0 aliphatic rings. The van der Waals surface area contributed by atoms with Gasteiger partial charge in [0.05, 0.1) is 53.4 Å². The van der Waals surface area contributed by atoms with Gasteiger partial charge in [-0.1, -0.05) is 194 Å². The van der Waals surface area contributed by atoms with Crippen LogP contribution in [0.4, 0.5) is 0 Å². The highest BCUT2D eigenvalue weighted by molar-refractivity contribution is 7.79. The first kappa shape index (κ1) is 68.0. The minimum Gasteiger partial charge on any atom is -0.759 e. The lowest BCUT2D eigenvalue weighted by atomic mass is 10.0. The minimum atomic E-state index is -5.17. The van der Waals surface area contributed by atoms with Gasteiger partial charge in [0, 0.05) is 49.2 Å². The van der Waals surface area contributed by atoms with Crippen LogP contribution in [-0.4, -0.2) is 105 Å². The molecule has 0 rings (SSSR count). The molecule has 0 aromatic heterocycles. The van der Waals surface area contributed by atoms with Gasteiger partial charge in [-0.3, -0.25) is 18.0 Å². The summed E-state index contributed by atoms with van der Waals surface area (Å²) in [6, 6.07) is 1.31. The number of quaternary nitrogens is 2. The van der Waals surface area contributed by atoms with Gasteiger partial charge < -0.3 is 28.7 Å². The van der Waals surface area contributed by atoms with Crippen LogP contribution >= 0.6 is 0 Å². The third-order valence-corrected chi connectivity index (χ3v) is 14.3. The molecular formula is C54H114N4O6S. The van der Waals surface area contributed by atoms with E-state index in [-0.39, 0.29) is 11.8 Å². The van der Waals surface area contributed by atoms with Crippen LogP contribution in [0, 0.1) is 0 Å². The van der Waals surface area contributed by atoms with Gasteiger partial charge in [0.25, 0.3) is 0 Å². The largest absolute Gasteiger partial charge is 0.759 e.